The maximum atomic E-state index is 9.40. The zero-order valence-electron chi connectivity index (χ0n) is 10.6. The molecule has 0 aliphatic carbocycles. The Morgan fingerprint density at radius 1 is 1.44 bits per heavy atom. The van der Waals surface area contributed by atoms with Gasteiger partial charge in [0.1, 0.15) is 6.33 Å². The number of imidazole rings is 1. The van der Waals surface area contributed by atoms with Crippen molar-refractivity contribution < 1.29 is 5.11 Å². The van der Waals surface area contributed by atoms with Crippen LogP contribution in [0.25, 0.3) is 11.2 Å². The summed E-state index contributed by atoms with van der Waals surface area (Å²) in [4.78, 5) is 18.6. The molecule has 7 heteroatoms. The van der Waals surface area contributed by atoms with Crippen LogP contribution in [0, 0.1) is 0 Å². The van der Waals surface area contributed by atoms with Crippen LogP contribution < -0.4 is 0 Å². The number of aliphatic hydroxyl groups excluding tert-OH is 1. The molecule has 2 rings (SSSR count). The lowest BCUT2D eigenvalue weighted by atomic mass is 10.4. The Kier molecular flexibility index (Phi) is 3.52. The van der Waals surface area contributed by atoms with Crippen molar-refractivity contribution in [3.63, 3.8) is 0 Å². The first-order valence-electron chi connectivity index (χ1n) is 5.62. The Hall–Kier alpha value is -2.02. The predicted octanol–water partition coefficient (Wildman–Crippen LogP) is 0.428. The van der Waals surface area contributed by atoms with Gasteiger partial charge in [-0.25, -0.2) is 19.9 Å². The van der Waals surface area contributed by atoms with E-state index in [1.807, 2.05) is 19.0 Å². The third-order valence-corrected chi connectivity index (χ3v) is 2.25. The average Bonchev–Trinajstić information content (AvgIpc) is 2.69. The fraction of sp³-hybridized carbons (Fsp3) is 0.455. The molecule has 0 unspecified atom stereocenters. The number of hydrogen-bond donors (Lipinski definition) is 1. The Bertz CT molecular complexity index is 560. The Morgan fingerprint density at radius 2 is 2.22 bits per heavy atom. The highest BCUT2D eigenvalue weighted by molar-refractivity contribution is 5.82. The highest BCUT2D eigenvalue weighted by Crippen LogP contribution is 2.19. The molecule has 0 radical (unpaired) electrons. The minimum Gasteiger partial charge on any atom is -0.392 e. The Morgan fingerprint density at radius 3 is 2.89 bits per heavy atom. The summed E-state index contributed by atoms with van der Waals surface area (Å²) in [6, 6.07) is 0. The summed E-state index contributed by atoms with van der Waals surface area (Å²) in [5.74, 6) is 0.526. The molecule has 1 N–H and O–H groups in total. The van der Waals surface area contributed by atoms with Crippen LogP contribution in [0.3, 0.4) is 0 Å². The van der Waals surface area contributed by atoms with E-state index in [2.05, 4.69) is 19.9 Å². The lowest BCUT2D eigenvalue weighted by Crippen LogP contribution is -2.11. The number of nitrogens with zero attached hydrogens (tertiary/aromatic N) is 6. The van der Waals surface area contributed by atoms with E-state index in [0.717, 1.165) is 0 Å². The Balaban J connectivity index is 2.42. The zero-order valence-corrected chi connectivity index (χ0v) is 10.6. The van der Waals surface area contributed by atoms with Gasteiger partial charge in [0.05, 0.1) is 25.3 Å². The molecular formula is C11H16N6O. The van der Waals surface area contributed by atoms with Crippen LogP contribution in [0.1, 0.15) is 6.92 Å². The summed E-state index contributed by atoms with van der Waals surface area (Å²) >= 11 is 0. The van der Waals surface area contributed by atoms with Crippen molar-refractivity contribution in [1.29, 1.82) is 0 Å². The third-order valence-electron chi connectivity index (χ3n) is 2.25. The molecule has 0 bridgehead atoms. The van der Waals surface area contributed by atoms with Gasteiger partial charge in [-0.05, 0) is 6.92 Å². The fourth-order valence-corrected chi connectivity index (χ4v) is 1.55. The second-order valence-electron chi connectivity index (χ2n) is 4.32. The van der Waals surface area contributed by atoms with Gasteiger partial charge in [0.15, 0.2) is 17.0 Å². The lowest BCUT2D eigenvalue weighted by molar-refractivity contribution is 0.175. The molecule has 0 spiro atoms. The first-order valence-corrected chi connectivity index (χ1v) is 5.62. The Labute approximate surface area is 105 Å². The largest absolute Gasteiger partial charge is 0.392 e. The minimum absolute atomic E-state index is 0.449. The molecule has 2 aromatic rings. The van der Waals surface area contributed by atoms with Gasteiger partial charge in [0.2, 0.25) is 0 Å². The van der Waals surface area contributed by atoms with Crippen LogP contribution in [0.5, 0.6) is 0 Å². The van der Waals surface area contributed by atoms with E-state index in [1.54, 1.807) is 24.2 Å². The molecular weight excluding hydrogens is 232 g/mol. The van der Waals surface area contributed by atoms with Crippen molar-refractivity contribution in [2.75, 3.05) is 14.1 Å². The molecule has 0 saturated heterocycles. The fourth-order valence-electron chi connectivity index (χ4n) is 1.55. The average molecular weight is 248 g/mol. The second-order valence-corrected chi connectivity index (χ2v) is 4.32. The van der Waals surface area contributed by atoms with Crippen molar-refractivity contribution in [2.45, 2.75) is 19.6 Å². The molecule has 0 aromatic carbocycles. The highest BCUT2D eigenvalue weighted by atomic mass is 16.3. The molecule has 96 valence electrons. The molecule has 7 nitrogen and oxygen atoms in total. The van der Waals surface area contributed by atoms with Gasteiger partial charge in [-0.15, -0.1) is 0 Å². The summed E-state index contributed by atoms with van der Waals surface area (Å²) in [6.07, 6.45) is 4.30. The van der Waals surface area contributed by atoms with E-state index in [1.165, 1.54) is 6.33 Å². The quantitative estimate of drug-likeness (QED) is 0.627. The number of aliphatic imine (C=N–C) groups is 1. The molecule has 2 aromatic heterocycles. The monoisotopic (exact) mass is 248 g/mol. The van der Waals surface area contributed by atoms with Gasteiger partial charge in [0.25, 0.3) is 0 Å². The van der Waals surface area contributed by atoms with Gasteiger partial charge in [-0.3, -0.25) is 0 Å². The van der Waals surface area contributed by atoms with Gasteiger partial charge >= 0.3 is 0 Å². The normalized spacial score (nSPS) is 13.3. The number of rotatable bonds is 4. The van der Waals surface area contributed by atoms with Gasteiger partial charge < -0.3 is 14.6 Å². The molecule has 0 aliphatic rings. The molecule has 2 heterocycles. The summed E-state index contributed by atoms with van der Waals surface area (Å²) < 4.78 is 1.79. The number of aromatic nitrogens is 4. The molecule has 0 aliphatic heterocycles. The summed E-state index contributed by atoms with van der Waals surface area (Å²) in [5, 5.41) is 9.40. The molecule has 0 fully saturated rings. The van der Waals surface area contributed by atoms with Crippen molar-refractivity contribution in [3.05, 3.63) is 12.7 Å². The number of aliphatic hydroxyl groups is 1. The van der Waals surface area contributed by atoms with Crippen molar-refractivity contribution >= 4 is 23.3 Å². The van der Waals surface area contributed by atoms with Crippen molar-refractivity contribution in [3.8, 4) is 0 Å². The van der Waals surface area contributed by atoms with Crippen LogP contribution in [0.4, 0.5) is 5.82 Å². The topological polar surface area (TPSA) is 79.4 Å². The lowest BCUT2D eigenvalue weighted by Gasteiger charge is -2.05. The van der Waals surface area contributed by atoms with E-state index < -0.39 is 6.10 Å². The van der Waals surface area contributed by atoms with Crippen LogP contribution in [0.15, 0.2) is 17.6 Å². The zero-order chi connectivity index (χ0) is 13.1. The maximum Gasteiger partial charge on any atom is 0.184 e. The predicted molar refractivity (Wildman–Crippen MR) is 68.8 cm³/mol. The molecule has 0 saturated carbocycles. The highest BCUT2D eigenvalue weighted by Gasteiger charge is 2.10. The first kappa shape index (κ1) is 12.4. The number of hydrogen-bond acceptors (Lipinski definition) is 5. The van der Waals surface area contributed by atoms with Gasteiger partial charge in [0, 0.05) is 14.1 Å². The molecule has 1 atom stereocenters. The van der Waals surface area contributed by atoms with Crippen LogP contribution in [-0.4, -0.2) is 56.1 Å². The standard InChI is InChI=1S/C11H16N6O/c1-8(18)4-17-7-14-9-10(15-6-16(2)3)12-5-13-11(9)17/h5-8,18H,4H2,1-3H3/t8-/m1/s1. The first-order chi connectivity index (χ1) is 8.58. The van der Waals surface area contributed by atoms with Crippen LogP contribution >= 0.6 is 0 Å². The smallest absolute Gasteiger partial charge is 0.184 e. The minimum atomic E-state index is -0.453. The van der Waals surface area contributed by atoms with E-state index in [0.29, 0.717) is 23.5 Å². The van der Waals surface area contributed by atoms with E-state index in [-0.39, 0.29) is 0 Å². The van der Waals surface area contributed by atoms with Crippen molar-refractivity contribution in [2.24, 2.45) is 4.99 Å². The van der Waals surface area contributed by atoms with Gasteiger partial charge in [-0.2, -0.15) is 0 Å². The van der Waals surface area contributed by atoms with Crippen LogP contribution in [0.2, 0.25) is 0 Å². The van der Waals surface area contributed by atoms with Crippen LogP contribution in [-0.2, 0) is 6.54 Å². The summed E-state index contributed by atoms with van der Waals surface area (Å²) in [6.45, 7) is 2.17. The number of fused-ring (bicyclic) bond motifs is 1. The SMILES string of the molecule is C[C@@H](O)Cn1cnc2c(N=CN(C)C)ncnc21. The third kappa shape index (κ3) is 2.62. The van der Waals surface area contributed by atoms with E-state index in [9.17, 15) is 5.11 Å². The van der Waals surface area contributed by atoms with E-state index in [4.69, 9.17) is 0 Å². The van der Waals surface area contributed by atoms with Crippen molar-refractivity contribution in [1.82, 2.24) is 24.4 Å². The molecule has 18 heavy (non-hydrogen) atoms. The summed E-state index contributed by atoms with van der Waals surface area (Å²) in [5.41, 5.74) is 1.31. The van der Waals surface area contributed by atoms with E-state index >= 15 is 0 Å². The second kappa shape index (κ2) is 5.09. The molecule has 0 amide bonds. The van der Waals surface area contributed by atoms with Gasteiger partial charge in [-0.1, -0.05) is 0 Å². The maximum absolute atomic E-state index is 9.40. The summed E-state index contributed by atoms with van der Waals surface area (Å²) in [7, 11) is 3.77.